The van der Waals surface area contributed by atoms with Gasteiger partial charge in [0, 0.05) is 32.2 Å². The van der Waals surface area contributed by atoms with Gasteiger partial charge in [0.25, 0.3) is 0 Å². The van der Waals surface area contributed by atoms with Gasteiger partial charge in [-0.25, -0.2) is 0 Å². The maximum absolute atomic E-state index is 13.3. The highest BCUT2D eigenvalue weighted by atomic mass is 19.4. The summed E-state index contributed by atoms with van der Waals surface area (Å²) < 4.78 is 79.8. The van der Waals surface area contributed by atoms with Gasteiger partial charge < -0.3 is 10.0 Å². The van der Waals surface area contributed by atoms with Crippen LogP contribution >= 0.6 is 0 Å². The number of anilines is 1. The fraction of sp³-hybridized carbons (Fsp3) is 0.333. The highest BCUT2D eigenvalue weighted by Gasteiger charge is 2.37. The van der Waals surface area contributed by atoms with Crippen molar-refractivity contribution in [3.63, 3.8) is 0 Å². The molecule has 0 radical (unpaired) electrons. The number of aromatic hydroxyl groups is 1. The van der Waals surface area contributed by atoms with Crippen LogP contribution in [0.25, 0.3) is 0 Å². The van der Waals surface area contributed by atoms with Crippen LogP contribution in [0.1, 0.15) is 34.7 Å². The third-order valence-corrected chi connectivity index (χ3v) is 6.52. The number of rotatable bonds is 6. The Balaban J connectivity index is 1.54. The van der Waals surface area contributed by atoms with Crippen molar-refractivity contribution in [3.05, 3.63) is 95.1 Å². The number of nitrogens with zero attached hydrogens (tertiary/aromatic N) is 2. The van der Waals surface area contributed by atoms with Crippen molar-refractivity contribution < 1.29 is 31.4 Å². The van der Waals surface area contributed by atoms with Crippen LogP contribution in [0.5, 0.6) is 5.75 Å². The predicted octanol–water partition coefficient (Wildman–Crippen LogP) is 6.93. The Morgan fingerprint density at radius 3 is 1.83 bits per heavy atom. The minimum absolute atomic E-state index is 0.00549. The lowest BCUT2D eigenvalue weighted by Gasteiger charge is -2.40. The van der Waals surface area contributed by atoms with Crippen molar-refractivity contribution in [2.24, 2.45) is 0 Å². The van der Waals surface area contributed by atoms with E-state index in [0.717, 1.165) is 23.4 Å². The molecule has 0 aromatic heterocycles. The van der Waals surface area contributed by atoms with Crippen molar-refractivity contribution in [1.29, 1.82) is 0 Å². The second-order valence-electron chi connectivity index (χ2n) is 8.89. The van der Waals surface area contributed by atoms with E-state index in [9.17, 15) is 31.4 Å². The van der Waals surface area contributed by atoms with E-state index in [2.05, 4.69) is 9.80 Å². The van der Waals surface area contributed by atoms with E-state index >= 15 is 0 Å². The van der Waals surface area contributed by atoms with Gasteiger partial charge in [-0.3, -0.25) is 4.90 Å². The molecule has 1 fully saturated rings. The molecule has 0 aliphatic carbocycles. The van der Waals surface area contributed by atoms with Gasteiger partial charge in [-0.05, 0) is 54.3 Å². The molecule has 0 bridgehead atoms. The molecule has 1 aliphatic rings. The lowest BCUT2D eigenvalue weighted by molar-refractivity contribution is -0.143. The van der Waals surface area contributed by atoms with Crippen LogP contribution in [0.3, 0.4) is 0 Å². The van der Waals surface area contributed by atoms with Gasteiger partial charge in [0.1, 0.15) is 5.75 Å². The number of aryl methyl sites for hydroxylation is 1. The average molecular weight is 509 g/mol. The lowest BCUT2D eigenvalue weighted by atomic mass is 9.95. The number of benzene rings is 3. The highest BCUT2D eigenvalue weighted by molar-refractivity contribution is 5.57. The quantitative estimate of drug-likeness (QED) is 0.366. The van der Waals surface area contributed by atoms with Crippen LogP contribution in [-0.4, -0.2) is 36.2 Å². The van der Waals surface area contributed by atoms with Crippen molar-refractivity contribution in [2.45, 2.75) is 31.2 Å². The van der Waals surface area contributed by atoms with Gasteiger partial charge in [-0.1, -0.05) is 42.5 Å². The molecular formula is C27H26F6N2O. The molecule has 1 atom stereocenters. The summed E-state index contributed by atoms with van der Waals surface area (Å²) in [7, 11) is 0. The maximum atomic E-state index is 13.3. The molecule has 3 nitrogen and oxygen atoms in total. The number of alkyl halides is 6. The van der Waals surface area contributed by atoms with Crippen molar-refractivity contribution in [3.8, 4) is 5.75 Å². The minimum Gasteiger partial charge on any atom is -0.506 e. The summed E-state index contributed by atoms with van der Waals surface area (Å²) in [6.45, 7) is 2.51. The SMILES string of the molecule is Oc1ccccc1N1CCN(C(CCc2cc(C(F)(F)F)cc(C(F)(F)F)c2)c2ccccc2)CC1. The third kappa shape index (κ3) is 6.13. The Morgan fingerprint density at radius 1 is 0.722 bits per heavy atom. The summed E-state index contributed by atoms with van der Waals surface area (Å²) in [4.78, 5) is 4.26. The predicted molar refractivity (Wildman–Crippen MR) is 126 cm³/mol. The maximum Gasteiger partial charge on any atom is 0.416 e. The largest absolute Gasteiger partial charge is 0.506 e. The molecule has 1 heterocycles. The number of phenolic OH excluding ortho intramolecular Hbond substituents is 1. The molecule has 0 saturated carbocycles. The summed E-state index contributed by atoms with van der Waals surface area (Å²) in [6.07, 6.45) is -9.31. The number of halogens is 6. The third-order valence-electron chi connectivity index (χ3n) is 6.52. The zero-order valence-electron chi connectivity index (χ0n) is 19.4. The molecule has 1 unspecified atom stereocenters. The van der Waals surface area contributed by atoms with Crippen LogP contribution in [0.15, 0.2) is 72.8 Å². The number of hydrogen-bond acceptors (Lipinski definition) is 3. The van der Waals surface area contributed by atoms with Gasteiger partial charge in [-0.15, -0.1) is 0 Å². The summed E-state index contributed by atoms with van der Waals surface area (Å²) >= 11 is 0. The monoisotopic (exact) mass is 508 g/mol. The van der Waals surface area contributed by atoms with E-state index in [1.165, 1.54) is 0 Å². The second-order valence-corrected chi connectivity index (χ2v) is 8.89. The molecule has 36 heavy (non-hydrogen) atoms. The van der Waals surface area contributed by atoms with E-state index in [1.54, 1.807) is 12.1 Å². The van der Waals surface area contributed by atoms with Gasteiger partial charge in [-0.2, -0.15) is 26.3 Å². The number of piperazine rings is 1. The molecule has 192 valence electrons. The highest BCUT2D eigenvalue weighted by Crippen LogP contribution is 2.37. The molecule has 0 amide bonds. The average Bonchev–Trinajstić information content (AvgIpc) is 2.84. The van der Waals surface area contributed by atoms with Gasteiger partial charge >= 0.3 is 12.4 Å². The van der Waals surface area contributed by atoms with Crippen LogP contribution < -0.4 is 4.90 Å². The summed E-state index contributed by atoms with van der Waals surface area (Å²) in [5.74, 6) is 0.190. The smallest absolute Gasteiger partial charge is 0.416 e. The van der Waals surface area contributed by atoms with E-state index in [1.807, 2.05) is 42.5 Å². The Kier molecular flexibility index (Phi) is 7.49. The van der Waals surface area contributed by atoms with Crippen LogP contribution in [0.4, 0.5) is 32.0 Å². The molecule has 3 aromatic rings. The van der Waals surface area contributed by atoms with E-state index < -0.39 is 23.5 Å². The zero-order chi connectivity index (χ0) is 25.9. The van der Waals surface area contributed by atoms with Gasteiger partial charge in [0.05, 0.1) is 16.8 Å². The molecule has 0 spiro atoms. The Hall–Kier alpha value is -3.20. The molecule has 1 saturated heterocycles. The van der Waals surface area contributed by atoms with Crippen molar-refractivity contribution in [2.75, 3.05) is 31.1 Å². The van der Waals surface area contributed by atoms with Gasteiger partial charge in [0.15, 0.2) is 0 Å². The molecule has 9 heteroatoms. The zero-order valence-corrected chi connectivity index (χ0v) is 19.4. The fourth-order valence-electron chi connectivity index (χ4n) is 4.71. The van der Waals surface area contributed by atoms with E-state index in [-0.39, 0.29) is 29.8 Å². The summed E-state index contributed by atoms with van der Waals surface area (Å²) in [5.41, 5.74) is -0.890. The Bertz CT molecular complexity index is 1120. The van der Waals surface area contributed by atoms with Crippen molar-refractivity contribution >= 4 is 5.69 Å². The Labute approximate surface area is 205 Å². The molecule has 4 rings (SSSR count). The molecule has 3 aromatic carbocycles. The first kappa shape index (κ1) is 25.9. The molecule has 1 aliphatic heterocycles. The standard InChI is InChI=1S/C27H26F6N2O/c28-26(29,30)21-16-19(17-22(18-21)27(31,32)33)10-11-23(20-6-2-1-3-7-20)34-12-14-35(15-13-34)24-8-4-5-9-25(24)36/h1-9,16-18,23,36H,10-15H2. The van der Waals surface area contributed by atoms with Crippen LogP contribution in [0.2, 0.25) is 0 Å². The van der Waals surface area contributed by atoms with Crippen LogP contribution in [-0.2, 0) is 18.8 Å². The first-order chi connectivity index (χ1) is 17.0. The fourth-order valence-corrected chi connectivity index (χ4v) is 4.71. The normalized spacial score (nSPS) is 16.2. The number of para-hydroxylation sites is 2. The minimum atomic E-state index is -4.87. The lowest BCUT2D eigenvalue weighted by Crippen LogP contribution is -2.47. The molecular weight excluding hydrogens is 482 g/mol. The van der Waals surface area contributed by atoms with Crippen molar-refractivity contribution in [1.82, 2.24) is 4.90 Å². The second kappa shape index (κ2) is 10.4. The van der Waals surface area contributed by atoms with Crippen LogP contribution in [0, 0.1) is 0 Å². The van der Waals surface area contributed by atoms with E-state index in [4.69, 9.17) is 0 Å². The first-order valence-corrected chi connectivity index (χ1v) is 11.6. The molecule has 1 N–H and O–H groups in total. The summed E-state index contributed by atoms with van der Waals surface area (Å²) in [6, 6.07) is 18.1. The van der Waals surface area contributed by atoms with Gasteiger partial charge in [0.2, 0.25) is 0 Å². The Morgan fingerprint density at radius 2 is 1.28 bits per heavy atom. The summed E-state index contributed by atoms with van der Waals surface area (Å²) in [5, 5.41) is 10.2. The van der Waals surface area contributed by atoms with E-state index in [0.29, 0.717) is 32.6 Å². The number of phenols is 1. The first-order valence-electron chi connectivity index (χ1n) is 11.6. The number of hydrogen-bond donors (Lipinski definition) is 1. The topological polar surface area (TPSA) is 26.7 Å².